The van der Waals surface area contributed by atoms with Crippen molar-refractivity contribution in [1.82, 2.24) is 15.0 Å². The van der Waals surface area contributed by atoms with Crippen molar-refractivity contribution in [2.75, 3.05) is 31.2 Å². The molecule has 0 saturated carbocycles. The van der Waals surface area contributed by atoms with Gasteiger partial charge < -0.3 is 19.7 Å². The number of hydrogen-bond acceptors (Lipinski definition) is 5. The van der Waals surface area contributed by atoms with E-state index in [4.69, 9.17) is 9.84 Å². The second-order valence-electron chi connectivity index (χ2n) is 5.65. The lowest BCUT2D eigenvalue weighted by molar-refractivity contribution is 0.0696. The Labute approximate surface area is 137 Å². The van der Waals surface area contributed by atoms with Gasteiger partial charge in [0.15, 0.2) is 0 Å². The number of rotatable bonds is 3. The molecule has 0 atom stereocenters. The molecular weight excluding hydrogens is 308 g/mol. The van der Waals surface area contributed by atoms with Crippen LogP contribution in [0.2, 0.25) is 0 Å². The van der Waals surface area contributed by atoms with E-state index in [1.165, 1.54) is 6.20 Å². The second kappa shape index (κ2) is 5.93. The molecule has 0 aromatic carbocycles. The Morgan fingerprint density at radius 3 is 2.83 bits per heavy atom. The summed E-state index contributed by atoms with van der Waals surface area (Å²) in [5, 5.41) is 9.85. The molecule has 7 heteroatoms. The van der Waals surface area contributed by atoms with Crippen LogP contribution in [0.5, 0.6) is 0 Å². The van der Waals surface area contributed by atoms with Crippen LogP contribution >= 0.6 is 0 Å². The highest BCUT2D eigenvalue weighted by molar-refractivity contribution is 5.93. The predicted molar refractivity (Wildman–Crippen MR) is 89.3 cm³/mol. The number of H-pyrrole nitrogens is 1. The number of pyridine rings is 2. The van der Waals surface area contributed by atoms with Crippen LogP contribution in [0.3, 0.4) is 0 Å². The zero-order chi connectivity index (χ0) is 16.5. The van der Waals surface area contributed by atoms with E-state index in [-0.39, 0.29) is 5.56 Å². The quantitative estimate of drug-likeness (QED) is 0.767. The Bertz CT molecular complexity index is 900. The molecule has 1 fully saturated rings. The fourth-order valence-electron chi connectivity index (χ4n) is 2.84. The fourth-order valence-corrected chi connectivity index (χ4v) is 2.84. The molecule has 0 radical (unpaired) electrons. The van der Waals surface area contributed by atoms with Gasteiger partial charge >= 0.3 is 5.97 Å². The largest absolute Gasteiger partial charge is 0.478 e. The lowest BCUT2D eigenvalue weighted by Gasteiger charge is -2.27. The monoisotopic (exact) mass is 324 g/mol. The molecule has 0 spiro atoms. The number of aromatic amines is 1. The third kappa shape index (κ3) is 2.69. The first-order valence-corrected chi connectivity index (χ1v) is 7.72. The second-order valence-corrected chi connectivity index (χ2v) is 5.65. The van der Waals surface area contributed by atoms with Crippen molar-refractivity contribution < 1.29 is 14.6 Å². The molecule has 0 aliphatic carbocycles. The number of carboxylic acids is 1. The van der Waals surface area contributed by atoms with Crippen molar-refractivity contribution >= 4 is 22.8 Å². The molecule has 7 nitrogen and oxygen atoms in total. The molecule has 122 valence electrons. The summed E-state index contributed by atoms with van der Waals surface area (Å²) in [6.45, 7) is 3.07. The molecule has 2 N–H and O–H groups in total. The number of carbonyl (C=O) groups is 1. The van der Waals surface area contributed by atoms with Gasteiger partial charge in [0.05, 0.1) is 18.8 Å². The maximum Gasteiger partial charge on any atom is 0.337 e. The summed E-state index contributed by atoms with van der Waals surface area (Å²) in [5.74, 6) is -0.0701. The van der Waals surface area contributed by atoms with Gasteiger partial charge in [-0.15, -0.1) is 0 Å². The maximum absolute atomic E-state index is 11.1. The number of aromatic carboxylic acids is 1. The molecule has 1 aliphatic rings. The third-order valence-corrected chi connectivity index (χ3v) is 4.11. The lowest BCUT2D eigenvalue weighted by atomic mass is 10.1. The van der Waals surface area contributed by atoms with Crippen LogP contribution in [0.4, 0.5) is 5.82 Å². The SMILES string of the molecule is O=C(O)c1cnc2[nH]c(-c3ccnc(N4CCOCC4)c3)cc2c1. The van der Waals surface area contributed by atoms with Gasteiger partial charge in [0, 0.05) is 42.1 Å². The number of ether oxygens (including phenoxy) is 1. The molecule has 4 heterocycles. The van der Waals surface area contributed by atoms with Crippen molar-refractivity contribution in [3.05, 3.63) is 42.2 Å². The van der Waals surface area contributed by atoms with E-state index < -0.39 is 5.97 Å². The van der Waals surface area contributed by atoms with E-state index in [9.17, 15) is 4.79 Å². The number of anilines is 1. The molecule has 3 aromatic rings. The topological polar surface area (TPSA) is 91.3 Å². The van der Waals surface area contributed by atoms with Gasteiger partial charge in [-0.2, -0.15) is 0 Å². The van der Waals surface area contributed by atoms with E-state index in [1.807, 2.05) is 18.2 Å². The van der Waals surface area contributed by atoms with Crippen molar-refractivity contribution in [2.45, 2.75) is 0 Å². The van der Waals surface area contributed by atoms with E-state index in [2.05, 4.69) is 19.9 Å². The standard InChI is InChI=1S/C17H16N4O3/c22-17(23)13-7-12-8-14(20-16(12)19-10-13)11-1-2-18-15(9-11)21-3-5-24-6-4-21/h1-2,7-10H,3-6H2,(H,19,20)(H,22,23). The smallest absolute Gasteiger partial charge is 0.337 e. The fraction of sp³-hybridized carbons (Fsp3) is 0.235. The molecule has 3 aromatic heterocycles. The Morgan fingerprint density at radius 1 is 1.21 bits per heavy atom. The lowest BCUT2D eigenvalue weighted by Crippen LogP contribution is -2.36. The zero-order valence-corrected chi connectivity index (χ0v) is 12.9. The van der Waals surface area contributed by atoms with Gasteiger partial charge in [-0.1, -0.05) is 0 Å². The number of nitrogens with zero attached hydrogens (tertiary/aromatic N) is 3. The normalized spacial score (nSPS) is 14.9. The highest BCUT2D eigenvalue weighted by Gasteiger charge is 2.14. The van der Waals surface area contributed by atoms with E-state index >= 15 is 0 Å². The summed E-state index contributed by atoms with van der Waals surface area (Å²) in [7, 11) is 0. The van der Waals surface area contributed by atoms with Crippen LogP contribution in [0.1, 0.15) is 10.4 Å². The third-order valence-electron chi connectivity index (χ3n) is 4.11. The van der Waals surface area contributed by atoms with Crippen molar-refractivity contribution in [3.63, 3.8) is 0 Å². The summed E-state index contributed by atoms with van der Waals surface area (Å²) < 4.78 is 5.37. The first-order valence-electron chi connectivity index (χ1n) is 7.72. The van der Waals surface area contributed by atoms with Crippen LogP contribution in [0.25, 0.3) is 22.3 Å². The predicted octanol–water partition coefficient (Wildman–Crippen LogP) is 2.16. The van der Waals surface area contributed by atoms with Gasteiger partial charge in [0.25, 0.3) is 0 Å². The summed E-state index contributed by atoms with van der Waals surface area (Å²) in [4.78, 5) is 25.1. The van der Waals surface area contributed by atoms with Crippen LogP contribution in [0, 0.1) is 0 Å². The van der Waals surface area contributed by atoms with Gasteiger partial charge in [-0.05, 0) is 24.3 Å². The molecule has 0 amide bonds. The van der Waals surface area contributed by atoms with Crippen LogP contribution in [-0.4, -0.2) is 52.3 Å². The number of morpholine rings is 1. The summed E-state index contributed by atoms with van der Waals surface area (Å²) in [6.07, 6.45) is 3.14. The minimum Gasteiger partial charge on any atom is -0.478 e. The van der Waals surface area contributed by atoms with Crippen LogP contribution < -0.4 is 4.90 Å². The molecule has 0 bridgehead atoms. The molecular formula is C17H16N4O3. The number of hydrogen-bond donors (Lipinski definition) is 2. The number of nitrogens with one attached hydrogen (secondary N) is 1. The minimum atomic E-state index is -0.981. The summed E-state index contributed by atoms with van der Waals surface area (Å²) in [5.41, 5.74) is 2.72. The molecule has 0 unspecified atom stereocenters. The van der Waals surface area contributed by atoms with Crippen molar-refractivity contribution in [3.8, 4) is 11.3 Å². The highest BCUT2D eigenvalue weighted by atomic mass is 16.5. The number of fused-ring (bicyclic) bond motifs is 1. The van der Waals surface area contributed by atoms with Gasteiger partial charge in [-0.25, -0.2) is 14.8 Å². The highest BCUT2D eigenvalue weighted by Crippen LogP contribution is 2.26. The Balaban J connectivity index is 1.70. The Morgan fingerprint density at radius 2 is 2.04 bits per heavy atom. The summed E-state index contributed by atoms with van der Waals surface area (Å²) in [6, 6.07) is 7.48. The first-order chi connectivity index (χ1) is 11.7. The Hall–Kier alpha value is -2.93. The van der Waals surface area contributed by atoms with Gasteiger partial charge in [0.2, 0.25) is 0 Å². The van der Waals surface area contributed by atoms with E-state index in [1.54, 1.807) is 12.3 Å². The van der Waals surface area contributed by atoms with Crippen LogP contribution in [-0.2, 0) is 4.74 Å². The number of aromatic nitrogens is 3. The molecule has 4 rings (SSSR count). The zero-order valence-electron chi connectivity index (χ0n) is 12.9. The van der Waals surface area contributed by atoms with Crippen molar-refractivity contribution in [2.24, 2.45) is 0 Å². The minimum absolute atomic E-state index is 0.178. The number of carboxylic acid groups (broad SMARTS) is 1. The molecule has 24 heavy (non-hydrogen) atoms. The molecule has 1 aliphatic heterocycles. The first kappa shape index (κ1) is 14.6. The molecule has 1 saturated heterocycles. The van der Waals surface area contributed by atoms with Gasteiger partial charge in [0.1, 0.15) is 11.5 Å². The Kier molecular flexibility index (Phi) is 3.62. The van der Waals surface area contributed by atoms with Crippen molar-refractivity contribution in [1.29, 1.82) is 0 Å². The van der Waals surface area contributed by atoms with E-state index in [0.717, 1.165) is 35.6 Å². The maximum atomic E-state index is 11.1. The van der Waals surface area contributed by atoms with Crippen LogP contribution in [0.15, 0.2) is 36.7 Å². The summed E-state index contributed by atoms with van der Waals surface area (Å²) >= 11 is 0. The van der Waals surface area contributed by atoms with E-state index in [0.29, 0.717) is 18.9 Å². The average molecular weight is 324 g/mol. The average Bonchev–Trinajstić information content (AvgIpc) is 3.06. The van der Waals surface area contributed by atoms with Gasteiger partial charge in [-0.3, -0.25) is 0 Å².